The van der Waals surface area contributed by atoms with Crippen LogP contribution >= 0.6 is 0 Å². The molecule has 6 fully saturated rings. The van der Waals surface area contributed by atoms with Gasteiger partial charge in [-0.1, -0.05) is 54.4 Å². The van der Waals surface area contributed by atoms with Crippen molar-refractivity contribution >= 4 is 10.4 Å². The van der Waals surface area contributed by atoms with Gasteiger partial charge in [-0.15, -0.1) is 0 Å². The number of fused-ring (bicyclic) bond motifs is 6. The minimum Gasteiger partial charge on any atom is -0.245 e. The molecule has 0 N–H and O–H groups in total. The quantitative estimate of drug-likeness (QED) is 0.343. The highest BCUT2D eigenvalue weighted by Crippen LogP contribution is 2.62. The average Bonchev–Trinajstić information content (AvgIpc) is 2.88. The van der Waals surface area contributed by atoms with E-state index in [1.807, 2.05) is 0 Å². The van der Waals surface area contributed by atoms with Gasteiger partial charge in [0.1, 0.15) is 0 Å². The van der Waals surface area contributed by atoms with Crippen LogP contribution in [0.5, 0.6) is 0 Å². The van der Waals surface area contributed by atoms with Crippen LogP contribution in [-0.4, -0.2) is 20.6 Å². The summed E-state index contributed by atoms with van der Waals surface area (Å²) in [6.45, 7) is 14.9. The Hall–Kier alpha value is -0.130. The SMILES string of the molecule is CC1CCC2C(CCC3CC(OS(=O)(=O)OC4CCC5(C)C(CCC6C(C)C(C)CCC65)C4)CCC32C)C1C. The van der Waals surface area contributed by atoms with E-state index in [1.165, 1.54) is 51.4 Å². The minimum absolute atomic E-state index is 0.209. The molecule has 0 heterocycles. The lowest BCUT2D eigenvalue weighted by Crippen LogP contribution is -2.52. The summed E-state index contributed by atoms with van der Waals surface area (Å²) in [6.07, 6.45) is 15.8. The van der Waals surface area contributed by atoms with Gasteiger partial charge in [0.05, 0.1) is 12.2 Å². The fraction of sp³-hybridized carbons (Fsp3) is 1.00. The molecule has 0 radical (unpaired) electrons. The molecule has 14 unspecified atom stereocenters. The topological polar surface area (TPSA) is 52.6 Å². The smallest absolute Gasteiger partial charge is 0.245 e. The van der Waals surface area contributed by atoms with E-state index < -0.39 is 10.4 Å². The van der Waals surface area contributed by atoms with E-state index in [2.05, 4.69) is 41.5 Å². The van der Waals surface area contributed by atoms with Gasteiger partial charge in [0, 0.05) is 0 Å². The van der Waals surface area contributed by atoms with E-state index in [0.717, 1.165) is 85.9 Å². The maximum Gasteiger partial charge on any atom is 0.400 e. The van der Waals surface area contributed by atoms with Gasteiger partial charge < -0.3 is 0 Å². The molecule has 4 nitrogen and oxygen atoms in total. The van der Waals surface area contributed by atoms with Gasteiger partial charge in [-0.3, -0.25) is 0 Å². The molecular formula is C34H58O4S. The first kappa shape index (κ1) is 29.0. The lowest BCUT2D eigenvalue weighted by atomic mass is 9.47. The molecule has 6 saturated carbocycles. The Labute approximate surface area is 240 Å². The molecule has 0 aromatic carbocycles. The Morgan fingerprint density at radius 1 is 0.564 bits per heavy atom. The highest BCUT2D eigenvalue weighted by Gasteiger charge is 2.55. The van der Waals surface area contributed by atoms with E-state index in [4.69, 9.17) is 8.37 Å². The molecule has 0 saturated heterocycles. The number of hydrogen-bond donors (Lipinski definition) is 0. The first-order valence-electron chi connectivity index (χ1n) is 17.0. The zero-order valence-corrected chi connectivity index (χ0v) is 26.7. The predicted octanol–water partition coefficient (Wildman–Crippen LogP) is 8.80. The second-order valence-corrected chi connectivity index (χ2v) is 17.5. The van der Waals surface area contributed by atoms with Crippen LogP contribution in [0.1, 0.15) is 131 Å². The Morgan fingerprint density at radius 2 is 0.974 bits per heavy atom. The zero-order valence-electron chi connectivity index (χ0n) is 25.9. The van der Waals surface area contributed by atoms with Crippen LogP contribution in [0.3, 0.4) is 0 Å². The van der Waals surface area contributed by atoms with Gasteiger partial charge in [0.15, 0.2) is 0 Å². The van der Waals surface area contributed by atoms with Crippen molar-refractivity contribution in [2.24, 2.45) is 70.0 Å². The predicted molar refractivity (Wildman–Crippen MR) is 157 cm³/mol. The van der Waals surface area contributed by atoms with Crippen molar-refractivity contribution in [3.8, 4) is 0 Å². The Bertz CT molecular complexity index is 923. The molecule has 0 spiro atoms. The third-order valence-electron chi connectivity index (χ3n) is 14.9. The number of hydrogen-bond acceptors (Lipinski definition) is 4. The normalized spacial score (nSPS) is 54.1. The van der Waals surface area contributed by atoms with Crippen LogP contribution in [0, 0.1) is 70.0 Å². The average molecular weight is 563 g/mol. The molecule has 6 aliphatic rings. The van der Waals surface area contributed by atoms with Crippen LogP contribution in [0.25, 0.3) is 0 Å². The van der Waals surface area contributed by atoms with Crippen molar-refractivity contribution in [1.82, 2.24) is 0 Å². The highest BCUT2D eigenvalue weighted by atomic mass is 32.3. The Morgan fingerprint density at radius 3 is 1.38 bits per heavy atom. The van der Waals surface area contributed by atoms with Crippen molar-refractivity contribution in [3.63, 3.8) is 0 Å². The molecule has 0 bridgehead atoms. The molecular weight excluding hydrogens is 504 g/mol. The van der Waals surface area contributed by atoms with Gasteiger partial charge >= 0.3 is 10.4 Å². The third-order valence-corrected chi connectivity index (χ3v) is 15.9. The summed E-state index contributed by atoms with van der Waals surface area (Å²) in [7, 11) is -3.97. The molecule has 0 amide bonds. The van der Waals surface area contributed by atoms with Gasteiger partial charge in [-0.05, 0) is 147 Å². The molecule has 14 atom stereocenters. The van der Waals surface area contributed by atoms with Gasteiger partial charge in [0.2, 0.25) is 0 Å². The maximum atomic E-state index is 13.2. The fourth-order valence-electron chi connectivity index (χ4n) is 11.9. The van der Waals surface area contributed by atoms with Crippen molar-refractivity contribution in [2.75, 3.05) is 0 Å². The standard InChI is InChI=1S/C34H58O4S/c1-21-7-13-31-29(23(21)3)11-9-25-19-27(15-17-33(25,31)5)37-39(35,36)38-28-16-18-34(6)26(20-28)10-12-30-24(4)22(2)8-14-32(30)34/h21-32H,7-20H2,1-6H3. The summed E-state index contributed by atoms with van der Waals surface area (Å²) >= 11 is 0. The zero-order chi connectivity index (χ0) is 27.7. The van der Waals surface area contributed by atoms with E-state index in [-0.39, 0.29) is 12.2 Å². The second-order valence-electron chi connectivity index (χ2n) is 16.3. The third kappa shape index (κ3) is 5.09. The van der Waals surface area contributed by atoms with E-state index >= 15 is 0 Å². The van der Waals surface area contributed by atoms with Gasteiger partial charge in [0.25, 0.3) is 0 Å². The monoisotopic (exact) mass is 562 g/mol. The summed E-state index contributed by atoms with van der Waals surface area (Å²) in [4.78, 5) is 0. The molecule has 0 aliphatic heterocycles. The molecule has 6 aliphatic carbocycles. The first-order valence-corrected chi connectivity index (χ1v) is 18.4. The summed E-state index contributed by atoms with van der Waals surface area (Å²) in [6, 6.07) is 0. The van der Waals surface area contributed by atoms with Crippen molar-refractivity contribution in [2.45, 2.75) is 144 Å². The van der Waals surface area contributed by atoms with Gasteiger partial charge in [-0.2, -0.15) is 8.42 Å². The van der Waals surface area contributed by atoms with E-state index in [0.29, 0.717) is 22.7 Å². The summed E-state index contributed by atoms with van der Waals surface area (Å²) in [5.41, 5.74) is 0.700. The minimum atomic E-state index is -3.97. The van der Waals surface area contributed by atoms with Crippen molar-refractivity contribution < 1.29 is 16.8 Å². The first-order chi connectivity index (χ1) is 18.4. The maximum absolute atomic E-state index is 13.2. The summed E-state index contributed by atoms with van der Waals surface area (Å²) in [5, 5.41) is 0. The lowest BCUT2D eigenvalue weighted by molar-refractivity contribution is -0.109. The molecule has 39 heavy (non-hydrogen) atoms. The summed E-state index contributed by atoms with van der Waals surface area (Å²) in [5.74, 6) is 7.81. The molecule has 224 valence electrons. The van der Waals surface area contributed by atoms with Crippen LogP contribution < -0.4 is 0 Å². The molecule has 5 heteroatoms. The van der Waals surface area contributed by atoms with E-state index in [1.54, 1.807) is 0 Å². The van der Waals surface area contributed by atoms with Crippen LogP contribution in [0.2, 0.25) is 0 Å². The largest absolute Gasteiger partial charge is 0.400 e. The van der Waals surface area contributed by atoms with Gasteiger partial charge in [-0.25, -0.2) is 8.37 Å². The summed E-state index contributed by atoms with van der Waals surface area (Å²) < 4.78 is 38.2. The highest BCUT2D eigenvalue weighted by molar-refractivity contribution is 7.81. The second kappa shape index (κ2) is 10.5. The number of rotatable bonds is 4. The molecule has 0 aromatic heterocycles. The van der Waals surface area contributed by atoms with Crippen molar-refractivity contribution in [1.29, 1.82) is 0 Å². The Kier molecular flexibility index (Phi) is 7.83. The van der Waals surface area contributed by atoms with Crippen LogP contribution in [0.4, 0.5) is 0 Å². The molecule has 0 aromatic rings. The molecule has 6 rings (SSSR count). The van der Waals surface area contributed by atoms with Crippen LogP contribution in [0.15, 0.2) is 0 Å². The van der Waals surface area contributed by atoms with E-state index in [9.17, 15) is 8.42 Å². The lowest BCUT2D eigenvalue weighted by Gasteiger charge is -2.59. The Balaban J connectivity index is 1.05. The fourth-order valence-corrected chi connectivity index (χ4v) is 13.0. The van der Waals surface area contributed by atoms with Crippen molar-refractivity contribution in [3.05, 3.63) is 0 Å². The van der Waals surface area contributed by atoms with Crippen LogP contribution in [-0.2, 0) is 18.8 Å².